The number of amides is 1. The van der Waals surface area contributed by atoms with E-state index in [1.165, 1.54) is 23.4 Å². The number of halogens is 5. The van der Waals surface area contributed by atoms with E-state index in [4.69, 9.17) is 0 Å². The highest BCUT2D eigenvalue weighted by Gasteiger charge is 2.38. The minimum Gasteiger partial charge on any atom is -0.348 e. The number of H-pyrrole nitrogens is 1. The Morgan fingerprint density at radius 2 is 2.03 bits per heavy atom. The van der Waals surface area contributed by atoms with Crippen molar-refractivity contribution >= 4 is 11.4 Å². The Morgan fingerprint density at radius 1 is 1.22 bits per heavy atom. The van der Waals surface area contributed by atoms with Crippen LogP contribution in [0, 0.1) is 0 Å². The molecule has 0 spiro atoms. The lowest BCUT2D eigenvalue weighted by atomic mass is 9.99. The molecule has 1 amide bonds. The molecule has 4 aromatic rings. The average Bonchev–Trinajstić information content (AvgIpc) is 3.49. The molecule has 13 heteroatoms. The van der Waals surface area contributed by atoms with Gasteiger partial charge in [-0.15, -0.1) is 0 Å². The molecule has 1 N–H and O–H groups in total. The molecule has 0 bridgehead atoms. The number of hydrogen-bond donors (Lipinski definition) is 1. The molecule has 0 unspecified atom stereocenters. The van der Waals surface area contributed by atoms with Gasteiger partial charge in [-0.2, -0.15) is 36.8 Å². The molecule has 0 radical (unpaired) electrons. The number of aromatic amines is 1. The minimum absolute atomic E-state index is 0.161. The number of fused-ring (bicyclic) bond motifs is 2. The van der Waals surface area contributed by atoms with Gasteiger partial charge in [-0.25, -0.2) is 9.50 Å². The number of alkyl halides is 5. The van der Waals surface area contributed by atoms with Crippen LogP contribution < -0.4 is 0 Å². The van der Waals surface area contributed by atoms with Gasteiger partial charge in [0.2, 0.25) is 0 Å². The van der Waals surface area contributed by atoms with Gasteiger partial charge in [0.25, 0.3) is 5.91 Å². The van der Waals surface area contributed by atoms with Gasteiger partial charge >= 0.3 is 12.7 Å². The van der Waals surface area contributed by atoms with Gasteiger partial charge in [0.15, 0.2) is 0 Å². The Morgan fingerprint density at radius 3 is 2.78 bits per heavy atom. The van der Waals surface area contributed by atoms with Crippen LogP contribution >= 0.6 is 0 Å². The van der Waals surface area contributed by atoms with E-state index in [0.29, 0.717) is 22.3 Å². The number of nitrogens with one attached hydrogen (secondary N) is 1. The molecule has 166 valence electrons. The van der Waals surface area contributed by atoms with Crippen LogP contribution in [0.25, 0.3) is 5.52 Å². The molecule has 1 aliphatic heterocycles. The zero-order valence-electron chi connectivity index (χ0n) is 16.1. The van der Waals surface area contributed by atoms with Crippen LogP contribution in [-0.4, -0.2) is 46.7 Å². The number of hydrogen-bond acceptors (Lipinski definition) is 4. The quantitative estimate of drug-likeness (QED) is 0.484. The highest BCUT2D eigenvalue weighted by molar-refractivity contribution is 5.93. The van der Waals surface area contributed by atoms with E-state index in [-0.39, 0.29) is 17.9 Å². The summed E-state index contributed by atoms with van der Waals surface area (Å²) >= 11 is 0. The van der Waals surface area contributed by atoms with Gasteiger partial charge < -0.3 is 9.88 Å². The lowest BCUT2D eigenvalue weighted by molar-refractivity contribution is -0.137. The highest BCUT2D eigenvalue weighted by Crippen LogP contribution is 2.35. The Hall–Kier alpha value is -3.77. The average molecular weight is 451 g/mol. The fourth-order valence-electron chi connectivity index (χ4n) is 3.89. The third-order valence-corrected chi connectivity index (χ3v) is 5.35. The number of pyridine rings is 1. The summed E-state index contributed by atoms with van der Waals surface area (Å²) in [6.07, 6.45) is -0.762. The van der Waals surface area contributed by atoms with Crippen molar-refractivity contribution in [2.75, 3.05) is 6.54 Å². The summed E-state index contributed by atoms with van der Waals surface area (Å²) in [4.78, 5) is 21.8. The second-order valence-corrected chi connectivity index (χ2v) is 7.21. The van der Waals surface area contributed by atoms with Crippen molar-refractivity contribution in [2.24, 2.45) is 0 Å². The van der Waals surface area contributed by atoms with Crippen LogP contribution in [0.2, 0.25) is 0 Å². The minimum atomic E-state index is -4.55. The van der Waals surface area contributed by atoms with Gasteiger partial charge in [0, 0.05) is 31.1 Å². The molecule has 0 saturated carbocycles. The molecule has 32 heavy (non-hydrogen) atoms. The Bertz CT molecular complexity index is 1300. The van der Waals surface area contributed by atoms with E-state index in [9.17, 15) is 26.7 Å². The lowest BCUT2D eigenvalue weighted by Gasteiger charge is -2.33. The van der Waals surface area contributed by atoms with E-state index in [2.05, 4.69) is 20.2 Å². The topological polar surface area (TPSA) is 84.1 Å². The standard InChI is InChI=1S/C19H14F5N7O/c20-18(21)31-14(3-5-27-31)17(32)29-6-4-12-15(26-9-25-12)16(29)13-7-11-2-1-10(19(22,23)24)8-30(11)28-13/h1-3,5,7-9,16,18H,4,6H2,(H,25,26)/t16-/m0/s1. The van der Waals surface area contributed by atoms with Crippen molar-refractivity contribution in [3.63, 3.8) is 0 Å². The second-order valence-electron chi connectivity index (χ2n) is 7.21. The SMILES string of the molecule is O=C(c1ccnn1C(F)F)N1CCc2[nH]cnc2[C@@H]1c1cc2ccc(C(F)(F)F)cn2n1. The molecule has 1 aliphatic rings. The zero-order chi connectivity index (χ0) is 22.6. The van der Waals surface area contributed by atoms with E-state index in [0.717, 1.165) is 28.7 Å². The third kappa shape index (κ3) is 3.20. The predicted octanol–water partition coefficient (Wildman–Crippen LogP) is 3.46. The van der Waals surface area contributed by atoms with E-state index < -0.39 is 30.2 Å². The fraction of sp³-hybridized carbons (Fsp3) is 0.263. The number of carbonyl (C=O) groups excluding carboxylic acids is 1. The molecule has 0 fully saturated rings. The monoisotopic (exact) mass is 451 g/mol. The van der Waals surface area contributed by atoms with Gasteiger partial charge in [0.1, 0.15) is 11.7 Å². The Kier molecular flexibility index (Phi) is 4.50. The second kappa shape index (κ2) is 7.14. The first-order chi connectivity index (χ1) is 15.2. The van der Waals surface area contributed by atoms with Crippen molar-refractivity contribution in [3.8, 4) is 0 Å². The number of rotatable bonds is 3. The van der Waals surface area contributed by atoms with Crippen LogP contribution in [0.1, 0.15) is 45.7 Å². The zero-order valence-corrected chi connectivity index (χ0v) is 16.1. The summed E-state index contributed by atoms with van der Waals surface area (Å²) in [6, 6.07) is 4.05. The van der Waals surface area contributed by atoms with E-state index >= 15 is 0 Å². The van der Waals surface area contributed by atoms with Crippen LogP contribution in [0.5, 0.6) is 0 Å². The molecule has 0 saturated heterocycles. The van der Waals surface area contributed by atoms with Crippen molar-refractivity contribution in [1.29, 1.82) is 0 Å². The van der Waals surface area contributed by atoms with Gasteiger partial charge in [-0.1, -0.05) is 0 Å². The van der Waals surface area contributed by atoms with Gasteiger partial charge in [-0.3, -0.25) is 4.79 Å². The summed E-state index contributed by atoms with van der Waals surface area (Å²) in [5.74, 6) is -0.713. The molecule has 4 aromatic heterocycles. The normalized spacial score (nSPS) is 16.7. The first-order valence-electron chi connectivity index (χ1n) is 9.45. The maximum atomic E-state index is 13.3. The first kappa shape index (κ1) is 20.2. The first-order valence-corrected chi connectivity index (χ1v) is 9.45. The summed E-state index contributed by atoms with van der Waals surface area (Å²) in [6.45, 7) is -2.85. The summed E-state index contributed by atoms with van der Waals surface area (Å²) < 4.78 is 67.2. The molecule has 8 nitrogen and oxygen atoms in total. The number of nitrogens with zero attached hydrogens (tertiary/aromatic N) is 6. The van der Waals surface area contributed by atoms with E-state index in [1.807, 2.05) is 0 Å². The maximum absolute atomic E-state index is 13.3. The van der Waals surface area contributed by atoms with Crippen LogP contribution in [0.3, 0.4) is 0 Å². The van der Waals surface area contributed by atoms with Crippen LogP contribution in [0.15, 0.2) is 43.0 Å². The number of aromatic nitrogens is 6. The van der Waals surface area contributed by atoms with E-state index in [1.54, 1.807) is 6.07 Å². The molecular weight excluding hydrogens is 437 g/mol. The highest BCUT2D eigenvalue weighted by atomic mass is 19.4. The van der Waals surface area contributed by atoms with Crippen LogP contribution in [0.4, 0.5) is 22.0 Å². The van der Waals surface area contributed by atoms with Gasteiger partial charge in [0.05, 0.1) is 28.8 Å². The maximum Gasteiger partial charge on any atom is 0.417 e. The van der Waals surface area contributed by atoms with Crippen molar-refractivity contribution < 1.29 is 26.7 Å². The molecule has 1 atom stereocenters. The van der Waals surface area contributed by atoms with Crippen molar-refractivity contribution in [1.82, 2.24) is 34.3 Å². The lowest BCUT2D eigenvalue weighted by Crippen LogP contribution is -2.41. The number of imidazole rings is 1. The molecular formula is C19H14F5N7O. The smallest absolute Gasteiger partial charge is 0.348 e. The Labute approximate surface area is 176 Å². The Balaban J connectivity index is 1.60. The molecule has 0 aliphatic carbocycles. The molecule has 5 rings (SSSR count). The predicted molar refractivity (Wildman–Crippen MR) is 98.8 cm³/mol. The third-order valence-electron chi connectivity index (χ3n) is 5.35. The van der Waals surface area contributed by atoms with Gasteiger partial charge in [-0.05, 0) is 24.3 Å². The molecule has 0 aromatic carbocycles. The van der Waals surface area contributed by atoms with Crippen LogP contribution in [-0.2, 0) is 12.6 Å². The largest absolute Gasteiger partial charge is 0.417 e. The number of carbonyl (C=O) groups is 1. The van der Waals surface area contributed by atoms with Crippen molar-refractivity contribution in [3.05, 3.63) is 71.3 Å². The fourth-order valence-corrected chi connectivity index (χ4v) is 3.89. The summed E-state index contributed by atoms with van der Waals surface area (Å²) in [7, 11) is 0. The summed E-state index contributed by atoms with van der Waals surface area (Å²) in [5.41, 5.74) is 0.626. The van der Waals surface area contributed by atoms with Crippen molar-refractivity contribution in [2.45, 2.75) is 25.2 Å². The summed E-state index contributed by atoms with van der Waals surface area (Å²) in [5, 5.41) is 7.76. The molecule has 5 heterocycles.